The highest BCUT2D eigenvalue weighted by Gasteiger charge is 2.43. The standard InChI is InChI=1S/C15H16ClIN6/c16-10-6-9(8-18)7-11(17)12(10)23-14(20)21-13(19)22-15(23)4-2-1-3-5-15/h6-7H,1-5H2,(H4,19,20,21,22). The third kappa shape index (κ3) is 2.85. The fourth-order valence-electron chi connectivity index (χ4n) is 3.29. The number of rotatable bonds is 1. The number of nitriles is 1. The van der Waals surface area contributed by atoms with Crippen LogP contribution in [-0.4, -0.2) is 17.6 Å². The molecule has 0 atom stereocenters. The summed E-state index contributed by atoms with van der Waals surface area (Å²) in [5.41, 5.74) is 12.8. The molecule has 0 aromatic heterocycles. The maximum Gasteiger partial charge on any atom is 0.220 e. The van der Waals surface area contributed by atoms with Crippen LogP contribution in [0.25, 0.3) is 0 Å². The second-order valence-corrected chi connectivity index (χ2v) is 7.29. The monoisotopic (exact) mass is 442 g/mol. The molecule has 1 fully saturated rings. The molecule has 8 heteroatoms. The van der Waals surface area contributed by atoms with Crippen LogP contribution in [0, 0.1) is 14.9 Å². The quantitative estimate of drug-likeness (QED) is 0.653. The van der Waals surface area contributed by atoms with Crippen LogP contribution in [0.15, 0.2) is 22.1 Å². The molecular formula is C15H16ClIN6. The average molecular weight is 443 g/mol. The van der Waals surface area contributed by atoms with Gasteiger partial charge in [-0.1, -0.05) is 18.0 Å². The largest absolute Gasteiger partial charge is 0.369 e. The molecule has 1 aromatic rings. The van der Waals surface area contributed by atoms with E-state index in [2.05, 4.69) is 38.6 Å². The van der Waals surface area contributed by atoms with Gasteiger partial charge in [-0.15, -0.1) is 0 Å². The number of anilines is 1. The molecule has 2 aliphatic rings. The number of benzene rings is 1. The van der Waals surface area contributed by atoms with Crippen molar-refractivity contribution < 1.29 is 0 Å². The Morgan fingerprint density at radius 3 is 2.57 bits per heavy atom. The Morgan fingerprint density at radius 1 is 1.26 bits per heavy atom. The van der Waals surface area contributed by atoms with E-state index in [9.17, 15) is 0 Å². The molecule has 23 heavy (non-hydrogen) atoms. The molecule has 0 saturated heterocycles. The molecule has 0 bridgehead atoms. The summed E-state index contributed by atoms with van der Waals surface area (Å²) in [5.74, 6) is 0.504. The zero-order valence-corrected chi connectivity index (χ0v) is 15.3. The van der Waals surface area contributed by atoms with Crippen molar-refractivity contribution in [3.63, 3.8) is 0 Å². The van der Waals surface area contributed by atoms with Crippen LogP contribution in [-0.2, 0) is 0 Å². The van der Waals surface area contributed by atoms with Crippen molar-refractivity contribution in [3.05, 3.63) is 26.3 Å². The summed E-state index contributed by atoms with van der Waals surface area (Å²) < 4.78 is 0.838. The van der Waals surface area contributed by atoms with E-state index in [1.807, 2.05) is 4.90 Å². The minimum Gasteiger partial charge on any atom is -0.369 e. The van der Waals surface area contributed by atoms with Crippen molar-refractivity contribution in [2.75, 3.05) is 4.90 Å². The first-order chi connectivity index (χ1) is 11.0. The van der Waals surface area contributed by atoms with E-state index < -0.39 is 5.66 Å². The van der Waals surface area contributed by atoms with Gasteiger partial charge in [-0.3, -0.25) is 4.90 Å². The highest BCUT2D eigenvalue weighted by Crippen LogP contribution is 2.43. The van der Waals surface area contributed by atoms with Gasteiger partial charge in [0.05, 0.1) is 22.3 Å². The summed E-state index contributed by atoms with van der Waals surface area (Å²) >= 11 is 8.63. The number of guanidine groups is 2. The van der Waals surface area contributed by atoms with Crippen LogP contribution >= 0.6 is 34.2 Å². The summed E-state index contributed by atoms with van der Waals surface area (Å²) in [6.07, 6.45) is 4.95. The normalized spacial score (nSPS) is 20.0. The lowest BCUT2D eigenvalue weighted by Gasteiger charge is -2.46. The van der Waals surface area contributed by atoms with Crippen molar-refractivity contribution in [1.29, 1.82) is 5.26 Å². The number of hydrogen-bond donors (Lipinski definition) is 2. The number of nitrogens with two attached hydrogens (primary N) is 2. The Balaban J connectivity index is 2.17. The van der Waals surface area contributed by atoms with E-state index in [0.29, 0.717) is 16.5 Å². The molecule has 3 rings (SSSR count). The van der Waals surface area contributed by atoms with E-state index in [0.717, 1.165) is 34.9 Å². The molecule has 0 amide bonds. The molecule has 120 valence electrons. The molecule has 1 spiro atoms. The van der Waals surface area contributed by atoms with Crippen LogP contribution in [0.2, 0.25) is 5.02 Å². The van der Waals surface area contributed by atoms with Crippen LogP contribution in [0.5, 0.6) is 0 Å². The summed E-state index contributed by atoms with van der Waals surface area (Å²) in [4.78, 5) is 10.7. The van der Waals surface area contributed by atoms with Gasteiger partial charge in [0, 0.05) is 3.57 Å². The number of hydrogen-bond acceptors (Lipinski definition) is 6. The summed E-state index contributed by atoms with van der Waals surface area (Å²) in [6, 6.07) is 5.54. The van der Waals surface area contributed by atoms with Crippen molar-refractivity contribution in [3.8, 4) is 6.07 Å². The van der Waals surface area contributed by atoms with E-state index in [-0.39, 0.29) is 5.96 Å². The predicted molar refractivity (Wildman–Crippen MR) is 100 cm³/mol. The highest BCUT2D eigenvalue weighted by atomic mass is 127. The average Bonchev–Trinajstić information content (AvgIpc) is 2.49. The number of halogens is 2. The maximum atomic E-state index is 9.10. The topological polar surface area (TPSA) is 104 Å². The number of aliphatic imine (C=N–C) groups is 2. The molecule has 4 N–H and O–H groups in total. The Labute approximate surface area is 153 Å². The van der Waals surface area contributed by atoms with Crippen molar-refractivity contribution in [2.45, 2.75) is 37.8 Å². The zero-order chi connectivity index (χ0) is 16.6. The maximum absolute atomic E-state index is 9.10. The van der Waals surface area contributed by atoms with Crippen LogP contribution in [0.3, 0.4) is 0 Å². The Bertz CT molecular complexity index is 722. The fraction of sp³-hybridized carbons (Fsp3) is 0.400. The third-order valence-corrected chi connectivity index (χ3v) is 5.33. The van der Waals surface area contributed by atoms with E-state index in [4.69, 9.17) is 28.3 Å². The predicted octanol–water partition coefficient (Wildman–Crippen LogP) is 2.93. The summed E-state index contributed by atoms with van der Waals surface area (Å²) in [7, 11) is 0. The molecule has 1 heterocycles. The van der Waals surface area contributed by atoms with Gasteiger partial charge < -0.3 is 11.5 Å². The summed E-state index contributed by atoms with van der Waals surface area (Å²) in [6.45, 7) is 0. The van der Waals surface area contributed by atoms with Crippen molar-refractivity contribution >= 4 is 51.8 Å². The van der Waals surface area contributed by atoms with Gasteiger partial charge in [0.25, 0.3) is 0 Å². The third-order valence-electron chi connectivity index (χ3n) is 4.22. The van der Waals surface area contributed by atoms with Gasteiger partial charge in [-0.2, -0.15) is 10.3 Å². The minimum atomic E-state index is -0.536. The highest BCUT2D eigenvalue weighted by molar-refractivity contribution is 14.1. The van der Waals surface area contributed by atoms with E-state index in [1.54, 1.807) is 12.1 Å². The van der Waals surface area contributed by atoms with E-state index >= 15 is 0 Å². The molecular weight excluding hydrogens is 427 g/mol. The summed E-state index contributed by atoms with van der Waals surface area (Å²) in [5, 5.41) is 9.57. The Kier molecular flexibility index (Phi) is 4.38. The van der Waals surface area contributed by atoms with Crippen LogP contribution in [0.4, 0.5) is 5.69 Å². The molecule has 0 radical (unpaired) electrons. The first kappa shape index (κ1) is 16.3. The lowest BCUT2D eigenvalue weighted by atomic mass is 9.87. The molecule has 1 aromatic carbocycles. The van der Waals surface area contributed by atoms with Gasteiger partial charge in [-0.25, -0.2) is 4.99 Å². The second kappa shape index (κ2) is 6.17. The zero-order valence-electron chi connectivity index (χ0n) is 12.4. The molecule has 1 aliphatic carbocycles. The van der Waals surface area contributed by atoms with Crippen molar-refractivity contribution in [2.24, 2.45) is 21.5 Å². The van der Waals surface area contributed by atoms with Gasteiger partial charge >= 0.3 is 0 Å². The van der Waals surface area contributed by atoms with E-state index in [1.165, 1.54) is 6.42 Å². The Hall–Kier alpha value is -1.53. The fourth-order valence-corrected chi connectivity index (χ4v) is 4.62. The lowest BCUT2D eigenvalue weighted by molar-refractivity contribution is 0.305. The van der Waals surface area contributed by atoms with Gasteiger partial charge in [0.1, 0.15) is 5.66 Å². The Morgan fingerprint density at radius 2 is 1.96 bits per heavy atom. The molecule has 6 nitrogen and oxygen atoms in total. The van der Waals surface area contributed by atoms with Gasteiger partial charge in [0.15, 0.2) is 0 Å². The molecule has 1 aliphatic heterocycles. The first-order valence-electron chi connectivity index (χ1n) is 7.36. The van der Waals surface area contributed by atoms with Gasteiger partial charge in [-0.05, 0) is 60.4 Å². The van der Waals surface area contributed by atoms with Crippen molar-refractivity contribution in [1.82, 2.24) is 0 Å². The van der Waals surface area contributed by atoms with Gasteiger partial charge in [0.2, 0.25) is 11.9 Å². The second-order valence-electron chi connectivity index (χ2n) is 5.72. The minimum absolute atomic E-state index is 0.209. The molecule has 0 unspecified atom stereocenters. The molecule has 1 saturated carbocycles. The number of nitrogens with zero attached hydrogens (tertiary/aromatic N) is 4. The van der Waals surface area contributed by atoms with Crippen LogP contribution in [0.1, 0.15) is 37.7 Å². The lowest BCUT2D eigenvalue weighted by Crippen LogP contribution is -2.58. The SMILES string of the molecule is N#Cc1cc(Cl)c(N2C(N)=NC(N)=NC23CCCCC3)c(I)c1. The van der Waals surface area contributed by atoms with Crippen LogP contribution < -0.4 is 16.4 Å². The smallest absolute Gasteiger partial charge is 0.220 e. The first-order valence-corrected chi connectivity index (χ1v) is 8.81.